The van der Waals surface area contributed by atoms with E-state index in [9.17, 15) is 10.1 Å². The summed E-state index contributed by atoms with van der Waals surface area (Å²) in [6.45, 7) is 0.329. The molecule has 0 aliphatic rings. The number of aliphatic hydroxyl groups excluding tert-OH is 1. The lowest BCUT2D eigenvalue weighted by molar-refractivity contribution is -0.384. The summed E-state index contributed by atoms with van der Waals surface area (Å²) in [5.41, 5.74) is 0.701. The van der Waals surface area contributed by atoms with Gasteiger partial charge in [-0.3, -0.25) is 10.1 Å². The van der Waals surface area contributed by atoms with Crippen LogP contribution >= 0.6 is 23.6 Å². The molecule has 100 valence electrons. The molecule has 0 atom stereocenters. The van der Waals surface area contributed by atoms with E-state index in [0.29, 0.717) is 27.0 Å². The maximum absolute atomic E-state index is 10.7. The number of nitrogens with one attached hydrogen (secondary N) is 2. The van der Waals surface area contributed by atoms with Crippen LogP contribution in [0.5, 0.6) is 0 Å². The molecular formula is C10H10N4O3S2. The van der Waals surface area contributed by atoms with Gasteiger partial charge in [-0.05, 0) is 18.3 Å². The second-order valence-corrected chi connectivity index (χ2v) is 4.97. The maximum Gasteiger partial charge on any atom is 0.270 e. The number of aliphatic hydroxyl groups is 1. The Morgan fingerprint density at radius 3 is 3.05 bits per heavy atom. The molecule has 0 aliphatic carbocycles. The van der Waals surface area contributed by atoms with Crippen molar-refractivity contribution in [3.63, 3.8) is 0 Å². The molecule has 1 heterocycles. The van der Waals surface area contributed by atoms with Gasteiger partial charge in [0.1, 0.15) is 0 Å². The lowest BCUT2D eigenvalue weighted by Gasteiger charge is -2.05. The van der Waals surface area contributed by atoms with Crippen LogP contribution < -0.4 is 10.6 Å². The number of nitro benzene ring substituents is 1. The molecule has 0 fully saturated rings. The Morgan fingerprint density at radius 2 is 2.37 bits per heavy atom. The van der Waals surface area contributed by atoms with E-state index in [-0.39, 0.29) is 12.3 Å². The SMILES string of the molecule is O=[N+]([O-])c1ccc2nc(NC(=S)NCCO)sc2c1. The van der Waals surface area contributed by atoms with Gasteiger partial charge in [0.2, 0.25) is 0 Å². The van der Waals surface area contributed by atoms with Crippen molar-refractivity contribution in [1.29, 1.82) is 0 Å². The minimum absolute atomic E-state index is 0.0200. The molecular weight excluding hydrogens is 288 g/mol. The van der Waals surface area contributed by atoms with Crippen LogP contribution in [0.15, 0.2) is 18.2 Å². The van der Waals surface area contributed by atoms with Gasteiger partial charge in [0.25, 0.3) is 5.69 Å². The number of thiazole rings is 1. The standard InChI is InChI=1S/C10H10N4O3S2/c15-4-3-11-9(18)13-10-12-7-2-1-6(14(16)17)5-8(7)19-10/h1-2,5,15H,3-4H2,(H2,11,12,13,18). The van der Waals surface area contributed by atoms with Crippen molar-refractivity contribution >= 4 is 49.7 Å². The van der Waals surface area contributed by atoms with E-state index in [1.54, 1.807) is 6.07 Å². The number of hydrogen-bond donors (Lipinski definition) is 3. The summed E-state index contributed by atoms with van der Waals surface area (Å²) in [5.74, 6) is 0. The molecule has 0 bridgehead atoms. The molecule has 1 aromatic heterocycles. The van der Waals surface area contributed by atoms with E-state index in [0.717, 1.165) is 0 Å². The molecule has 19 heavy (non-hydrogen) atoms. The van der Waals surface area contributed by atoms with Crippen molar-refractivity contribution in [2.75, 3.05) is 18.5 Å². The summed E-state index contributed by atoms with van der Waals surface area (Å²) in [6.07, 6.45) is 0. The van der Waals surface area contributed by atoms with Crippen LogP contribution in [-0.2, 0) is 0 Å². The third-order valence-electron chi connectivity index (χ3n) is 2.20. The zero-order chi connectivity index (χ0) is 13.8. The zero-order valence-corrected chi connectivity index (χ0v) is 11.3. The highest BCUT2D eigenvalue weighted by molar-refractivity contribution is 7.80. The van der Waals surface area contributed by atoms with Crippen LogP contribution in [0, 0.1) is 10.1 Å². The summed E-state index contributed by atoms with van der Waals surface area (Å²) >= 11 is 6.27. The quantitative estimate of drug-likeness (QED) is 0.446. The highest BCUT2D eigenvalue weighted by Gasteiger charge is 2.10. The van der Waals surface area contributed by atoms with Gasteiger partial charge in [-0.1, -0.05) is 11.3 Å². The first kappa shape index (κ1) is 13.6. The van der Waals surface area contributed by atoms with Gasteiger partial charge < -0.3 is 15.7 Å². The van der Waals surface area contributed by atoms with E-state index in [4.69, 9.17) is 17.3 Å². The Labute approximate surface area is 117 Å². The Balaban J connectivity index is 2.17. The van der Waals surface area contributed by atoms with Crippen molar-refractivity contribution in [2.24, 2.45) is 0 Å². The Hall–Kier alpha value is -1.84. The molecule has 1 aromatic carbocycles. The normalized spacial score (nSPS) is 10.4. The zero-order valence-electron chi connectivity index (χ0n) is 9.62. The van der Waals surface area contributed by atoms with Crippen LogP contribution in [-0.4, -0.2) is 33.3 Å². The number of benzene rings is 1. The van der Waals surface area contributed by atoms with Gasteiger partial charge >= 0.3 is 0 Å². The van der Waals surface area contributed by atoms with Gasteiger partial charge in [0.05, 0.1) is 21.7 Å². The predicted octanol–water partition coefficient (Wildman–Crippen LogP) is 1.48. The Kier molecular flexibility index (Phi) is 4.20. The van der Waals surface area contributed by atoms with E-state index in [2.05, 4.69) is 15.6 Å². The van der Waals surface area contributed by atoms with Crippen molar-refractivity contribution in [3.05, 3.63) is 28.3 Å². The minimum Gasteiger partial charge on any atom is -0.395 e. The molecule has 0 saturated heterocycles. The molecule has 0 unspecified atom stereocenters. The number of nitrogens with zero attached hydrogens (tertiary/aromatic N) is 2. The van der Waals surface area contributed by atoms with Crippen LogP contribution in [0.3, 0.4) is 0 Å². The van der Waals surface area contributed by atoms with E-state index in [1.165, 1.54) is 23.5 Å². The van der Waals surface area contributed by atoms with Crippen LogP contribution in [0.1, 0.15) is 0 Å². The van der Waals surface area contributed by atoms with Crippen LogP contribution in [0.4, 0.5) is 10.8 Å². The smallest absolute Gasteiger partial charge is 0.270 e. The van der Waals surface area contributed by atoms with Crippen molar-refractivity contribution < 1.29 is 10.0 Å². The van der Waals surface area contributed by atoms with Crippen molar-refractivity contribution in [1.82, 2.24) is 10.3 Å². The lowest BCUT2D eigenvalue weighted by Crippen LogP contribution is -2.30. The van der Waals surface area contributed by atoms with Crippen molar-refractivity contribution in [3.8, 4) is 0 Å². The maximum atomic E-state index is 10.7. The van der Waals surface area contributed by atoms with Crippen LogP contribution in [0.25, 0.3) is 10.2 Å². The summed E-state index contributed by atoms with van der Waals surface area (Å²) in [4.78, 5) is 14.5. The Morgan fingerprint density at radius 1 is 1.58 bits per heavy atom. The number of thiocarbonyl (C=S) groups is 1. The predicted molar refractivity (Wildman–Crippen MR) is 77.6 cm³/mol. The number of anilines is 1. The molecule has 2 rings (SSSR count). The number of fused-ring (bicyclic) bond motifs is 1. The monoisotopic (exact) mass is 298 g/mol. The first-order valence-corrected chi connectivity index (χ1v) is 6.53. The number of hydrogen-bond acceptors (Lipinski definition) is 6. The van der Waals surface area contributed by atoms with Gasteiger partial charge in [0, 0.05) is 18.7 Å². The first-order valence-electron chi connectivity index (χ1n) is 5.31. The fraction of sp³-hybridized carbons (Fsp3) is 0.200. The van der Waals surface area contributed by atoms with Gasteiger partial charge in [-0.25, -0.2) is 4.98 Å². The molecule has 0 aliphatic heterocycles. The summed E-state index contributed by atoms with van der Waals surface area (Å²) < 4.78 is 0.710. The second-order valence-electron chi connectivity index (χ2n) is 3.53. The Bertz CT molecular complexity index is 628. The van der Waals surface area contributed by atoms with Gasteiger partial charge in [-0.15, -0.1) is 0 Å². The van der Waals surface area contributed by atoms with Crippen LogP contribution in [0.2, 0.25) is 0 Å². The number of aromatic nitrogens is 1. The average molecular weight is 298 g/mol. The van der Waals surface area contributed by atoms with E-state index < -0.39 is 4.92 Å². The van der Waals surface area contributed by atoms with E-state index in [1.807, 2.05) is 0 Å². The molecule has 9 heteroatoms. The highest BCUT2D eigenvalue weighted by Crippen LogP contribution is 2.28. The summed E-state index contributed by atoms with van der Waals surface area (Å²) in [5, 5.41) is 25.9. The number of non-ortho nitro benzene ring substituents is 1. The number of rotatable bonds is 4. The molecule has 0 spiro atoms. The average Bonchev–Trinajstić information content (AvgIpc) is 2.77. The third kappa shape index (κ3) is 3.34. The molecule has 0 saturated carbocycles. The highest BCUT2D eigenvalue weighted by atomic mass is 32.1. The number of nitro groups is 1. The summed E-state index contributed by atoms with van der Waals surface area (Å²) in [6, 6.07) is 4.48. The van der Waals surface area contributed by atoms with Crippen molar-refractivity contribution in [2.45, 2.75) is 0 Å². The summed E-state index contributed by atoms with van der Waals surface area (Å²) in [7, 11) is 0. The fourth-order valence-corrected chi connectivity index (χ4v) is 2.56. The third-order valence-corrected chi connectivity index (χ3v) is 3.38. The molecule has 7 nitrogen and oxygen atoms in total. The topological polar surface area (TPSA) is 100 Å². The first-order chi connectivity index (χ1) is 9.10. The molecule has 3 N–H and O–H groups in total. The van der Waals surface area contributed by atoms with E-state index >= 15 is 0 Å². The lowest BCUT2D eigenvalue weighted by atomic mass is 10.3. The second kappa shape index (κ2) is 5.87. The molecule has 0 radical (unpaired) electrons. The molecule has 0 amide bonds. The van der Waals surface area contributed by atoms with Gasteiger partial charge in [0.15, 0.2) is 10.2 Å². The minimum atomic E-state index is -0.445. The van der Waals surface area contributed by atoms with Gasteiger partial charge in [-0.2, -0.15) is 0 Å². The largest absolute Gasteiger partial charge is 0.395 e. The fourth-order valence-electron chi connectivity index (χ4n) is 1.39. The molecule has 2 aromatic rings.